The summed E-state index contributed by atoms with van der Waals surface area (Å²) in [5, 5.41) is 1.23. The van der Waals surface area contributed by atoms with Gasteiger partial charge in [-0.2, -0.15) is 0 Å². The first-order valence-electron chi connectivity index (χ1n) is 19.8. The highest BCUT2D eigenvalue weighted by atomic mass is 15.1. The van der Waals surface area contributed by atoms with Crippen LogP contribution in [0.3, 0.4) is 0 Å². The molecule has 0 aliphatic heterocycles. The number of fused-ring (bicyclic) bond motifs is 1. The maximum Gasteiger partial charge on any atom is 0.0619 e. The van der Waals surface area contributed by atoms with Gasteiger partial charge in [-0.15, -0.1) is 0 Å². The van der Waals surface area contributed by atoms with Crippen molar-refractivity contribution in [1.29, 1.82) is 0 Å². The number of rotatable bonds is 9. The molecule has 0 atom stereocenters. The summed E-state index contributed by atoms with van der Waals surface area (Å²) >= 11 is 0. The normalized spacial score (nSPS) is 11.1. The van der Waals surface area contributed by atoms with Crippen molar-refractivity contribution in [3.8, 4) is 61.5 Å². The summed E-state index contributed by atoms with van der Waals surface area (Å²) in [6, 6.07) is 87.1. The molecule has 0 aliphatic carbocycles. The molecule has 0 saturated heterocycles. The van der Waals surface area contributed by atoms with Gasteiger partial charge < -0.3 is 9.47 Å². The van der Waals surface area contributed by atoms with E-state index in [1.165, 1.54) is 55.5 Å². The predicted octanol–water partition coefficient (Wildman–Crippen LogP) is 15.4. The lowest BCUT2D eigenvalue weighted by molar-refractivity contribution is 1.14. The minimum atomic E-state index is 1.09. The van der Waals surface area contributed by atoms with E-state index < -0.39 is 0 Å². The molecule has 0 unspecified atom stereocenters. The number of benzene rings is 9. The van der Waals surface area contributed by atoms with Gasteiger partial charge in [0.05, 0.1) is 11.2 Å². The van der Waals surface area contributed by atoms with Crippen LogP contribution in [0.4, 0.5) is 17.1 Å². The topological polar surface area (TPSA) is 8.17 Å². The quantitative estimate of drug-likeness (QED) is 0.143. The number of para-hydroxylation sites is 1. The van der Waals surface area contributed by atoms with Gasteiger partial charge >= 0.3 is 0 Å². The molecule has 0 amide bonds. The summed E-state index contributed by atoms with van der Waals surface area (Å²) in [6.45, 7) is 0. The summed E-state index contributed by atoms with van der Waals surface area (Å²) in [5.41, 5.74) is 17.5. The van der Waals surface area contributed by atoms with Gasteiger partial charge in [-0.05, 0) is 99.1 Å². The third-order valence-corrected chi connectivity index (χ3v) is 11.0. The van der Waals surface area contributed by atoms with Crippen molar-refractivity contribution in [2.75, 3.05) is 4.90 Å². The Morgan fingerprint density at radius 1 is 0.276 bits per heavy atom. The van der Waals surface area contributed by atoms with Gasteiger partial charge in [0.2, 0.25) is 0 Å². The van der Waals surface area contributed by atoms with Crippen molar-refractivity contribution in [3.05, 3.63) is 243 Å². The molecule has 0 saturated carbocycles. The molecule has 1 heterocycles. The van der Waals surface area contributed by atoms with Crippen LogP contribution in [0.1, 0.15) is 0 Å². The molecule has 0 fully saturated rings. The van der Waals surface area contributed by atoms with E-state index in [1.54, 1.807) is 0 Å². The Hall–Kier alpha value is -7.68. The summed E-state index contributed by atoms with van der Waals surface area (Å²) in [4.78, 5) is 2.35. The molecule has 0 spiro atoms. The van der Waals surface area contributed by atoms with Gasteiger partial charge in [0.15, 0.2) is 0 Å². The van der Waals surface area contributed by atoms with E-state index in [9.17, 15) is 0 Å². The lowest BCUT2D eigenvalue weighted by atomic mass is 9.98. The minimum absolute atomic E-state index is 1.09. The van der Waals surface area contributed by atoms with Crippen molar-refractivity contribution in [1.82, 2.24) is 4.57 Å². The zero-order valence-electron chi connectivity index (χ0n) is 32.0. The molecular weight excluding hydrogens is 701 g/mol. The SMILES string of the molecule is c1ccc(-c2ccc(N(c3ccc(-c4ccccc4)cc3)c3cccc(-c4ccc(-n5c(-c6ccccc6)c(-c6ccccc6)c6ccccc65)cc4)c3)cc2)cc1. The van der Waals surface area contributed by atoms with Crippen LogP contribution >= 0.6 is 0 Å². The summed E-state index contributed by atoms with van der Waals surface area (Å²) in [6.07, 6.45) is 0. The summed E-state index contributed by atoms with van der Waals surface area (Å²) < 4.78 is 2.42. The number of nitrogens with zero attached hydrogens (tertiary/aromatic N) is 2. The maximum absolute atomic E-state index is 2.42. The number of hydrogen-bond donors (Lipinski definition) is 0. The third-order valence-electron chi connectivity index (χ3n) is 11.0. The molecule has 10 rings (SSSR count). The average molecular weight is 741 g/mol. The Bertz CT molecular complexity index is 2850. The first kappa shape index (κ1) is 34.8. The molecule has 0 radical (unpaired) electrons. The summed E-state index contributed by atoms with van der Waals surface area (Å²) in [7, 11) is 0. The van der Waals surface area contributed by atoms with E-state index in [0.29, 0.717) is 0 Å². The largest absolute Gasteiger partial charge is 0.310 e. The standard InChI is InChI=1S/C56H40N2/c1-5-16-41(17-6-1)43-28-34-49(35-29-43)57(50-36-30-44(31-37-50)42-18-7-2-8-19-42)52-25-15-24-48(40-52)45-32-38-51(39-33-45)58-54-27-14-13-26-53(54)55(46-20-9-3-10-21-46)56(58)47-22-11-4-12-23-47/h1-40H. The fourth-order valence-electron chi connectivity index (χ4n) is 8.22. The van der Waals surface area contributed by atoms with Crippen molar-refractivity contribution in [3.63, 3.8) is 0 Å². The van der Waals surface area contributed by atoms with Crippen molar-refractivity contribution in [2.24, 2.45) is 0 Å². The van der Waals surface area contributed by atoms with E-state index >= 15 is 0 Å². The molecule has 10 aromatic rings. The van der Waals surface area contributed by atoms with Gasteiger partial charge in [-0.1, -0.05) is 188 Å². The van der Waals surface area contributed by atoms with Crippen LogP contribution in [0.2, 0.25) is 0 Å². The molecule has 1 aromatic heterocycles. The molecule has 9 aromatic carbocycles. The highest BCUT2D eigenvalue weighted by Crippen LogP contribution is 2.43. The molecule has 0 N–H and O–H groups in total. The fourth-order valence-corrected chi connectivity index (χ4v) is 8.22. The van der Waals surface area contributed by atoms with E-state index in [-0.39, 0.29) is 0 Å². The monoisotopic (exact) mass is 740 g/mol. The van der Waals surface area contributed by atoms with Crippen LogP contribution in [0.5, 0.6) is 0 Å². The molecular formula is C56H40N2. The van der Waals surface area contributed by atoms with Crippen molar-refractivity contribution < 1.29 is 0 Å². The highest BCUT2D eigenvalue weighted by molar-refractivity contribution is 6.05. The molecule has 58 heavy (non-hydrogen) atoms. The Balaban J connectivity index is 1.05. The number of anilines is 3. The van der Waals surface area contributed by atoms with Crippen LogP contribution in [0.25, 0.3) is 72.4 Å². The Kier molecular flexibility index (Phi) is 9.27. The zero-order valence-corrected chi connectivity index (χ0v) is 32.0. The Morgan fingerprint density at radius 3 is 1.24 bits per heavy atom. The minimum Gasteiger partial charge on any atom is -0.310 e. The molecule has 0 bridgehead atoms. The molecule has 2 nitrogen and oxygen atoms in total. The van der Waals surface area contributed by atoms with Crippen LogP contribution in [-0.2, 0) is 0 Å². The first-order valence-corrected chi connectivity index (χ1v) is 19.8. The predicted molar refractivity (Wildman–Crippen MR) is 245 cm³/mol. The average Bonchev–Trinajstić information content (AvgIpc) is 3.66. The van der Waals surface area contributed by atoms with E-state index in [1.807, 2.05) is 0 Å². The highest BCUT2D eigenvalue weighted by Gasteiger charge is 2.21. The van der Waals surface area contributed by atoms with Crippen molar-refractivity contribution in [2.45, 2.75) is 0 Å². The Labute approximate surface area is 340 Å². The molecule has 274 valence electrons. The maximum atomic E-state index is 2.42. The summed E-state index contributed by atoms with van der Waals surface area (Å²) in [5.74, 6) is 0. The van der Waals surface area contributed by atoms with E-state index in [4.69, 9.17) is 0 Å². The lowest BCUT2D eigenvalue weighted by Gasteiger charge is -2.26. The van der Waals surface area contributed by atoms with Crippen LogP contribution in [-0.4, -0.2) is 4.57 Å². The second-order valence-electron chi connectivity index (χ2n) is 14.6. The van der Waals surface area contributed by atoms with Gasteiger partial charge in [-0.3, -0.25) is 0 Å². The van der Waals surface area contributed by atoms with Gasteiger partial charge in [0.25, 0.3) is 0 Å². The second-order valence-corrected chi connectivity index (χ2v) is 14.6. The smallest absolute Gasteiger partial charge is 0.0619 e. The van der Waals surface area contributed by atoms with Gasteiger partial charge in [-0.25, -0.2) is 0 Å². The van der Waals surface area contributed by atoms with Crippen LogP contribution < -0.4 is 4.90 Å². The van der Waals surface area contributed by atoms with Crippen molar-refractivity contribution >= 4 is 28.0 Å². The second kappa shape index (κ2) is 15.5. The first-order chi connectivity index (χ1) is 28.8. The Morgan fingerprint density at radius 2 is 0.690 bits per heavy atom. The zero-order chi connectivity index (χ0) is 38.7. The van der Waals surface area contributed by atoms with E-state index in [2.05, 4.69) is 252 Å². The van der Waals surface area contributed by atoms with E-state index in [0.717, 1.165) is 33.9 Å². The van der Waals surface area contributed by atoms with Crippen LogP contribution in [0.15, 0.2) is 243 Å². The van der Waals surface area contributed by atoms with Gasteiger partial charge in [0, 0.05) is 33.7 Å². The number of hydrogen-bond acceptors (Lipinski definition) is 1. The molecule has 2 heteroatoms. The lowest BCUT2D eigenvalue weighted by Crippen LogP contribution is -2.10. The van der Waals surface area contributed by atoms with Crippen LogP contribution in [0, 0.1) is 0 Å². The fraction of sp³-hybridized carbons (Fsp3) is 0. The third kappa shape index (κ3) is 6.67. The molecule has 0 aliphatic rings. The number of aromatic nitrogens is 1. The van der Waals surface area contributed by atoms with Gasteiger partial charge in [0.1, 0.15) is 0 Å².